The Balaban J connectivity index is 1.07. The van der Waals surface area contributed by atoms with Crippen molar-refractivity contribution in [2.75, 3.05) is 7.11 Å². The predicted octanol–water partition coefficient (Wildman–Crippen LogP) is 4.42. The molecule has 2 amide bonds. The summed E-state index contributed by atoms with van der Waals surface area (Å²) < 4.78 is 55.2. The van der Waals surface area contributed by atoms with E-state index in [-0.39, 0.29) is 56.0 Å². The summed E-state index contributed by atoms with van der Waals surface area (Å²) in [5, 5.41) is 28.8. The Labute approximate surface area is 382 Å². The van der Waals surface area contributed by atoms with Crippen LogP contribution in [-0.4, -0.2) is 87.2 Å². The minimum atomic E-state index is -2.05. The molecule has 0 unspecified atom stereocenters. The molecule has 0 saturated carbocycles. The van der Waals surface area contributed by atoms with Gasteiger partial charge in [-0.3, -0.25) is 9.59 Å². The number of fused-ring (bicyclic) bond motifs is 5. The predicted molar refractivity (Wildman–Crippen MR) is 231 cm³/mol. The van der Waals surface area contributed by atoms with Gasteiger partial charge in [0.1, 0.15) is 36.5 Å². The molecule has 3 aliphatic heterocycles. The number of aryl methyl sites for hydroxylation is 1. The number of benzene rings is 2. The van der Waals surface area contributed by atoms with Gasteiger partial charge in [0.15, 0.2) is 17.8 Å². The molecule has 4 N–H and O–H groups in total. The molecule has 4 aromatic rings. The molecule has 4 aliphatic rings. The first kappa shape index (κ1) is 46.9. The van der Waals surface area contributed by atoms with Crippen LogP contribution in [0.4, 0.5) is 14.0 Å². The van der Waals surface area contributed by atoms with Gasteiger partial charge in [0.2, 0.25) is 6.29 Å². The third-order valence-electron chi connectivity index (χ3n) is 12.4. The number of carbonyl (C=O) groups is 5. The van der Waals surface area contributed by atoms with Crippen molar-refractivity contribution in [1.82, 2.24) is 20.2 Å². The Morgan fingerprint density at radius 3 is 2.54 bits per heavy atom. The number of cyclic esters (lactones) is 1. The quantitative estimate of drug-likeness (QED) is 0.112. The van der Waals surface area contributed by atoms with Crippen LogP contribution >= 0.6 is 0 Å². The molecule has 1 fully saturated rings. The molecule has 1 aliphatic carbocycles. The Bertz CT molecular complexity index is 2790. The first-order valence-electron chi connectivity index (χ1n) is 21.8. The van der Waals surface area contributed by atoms with Gasteiger partial charge in [-0.05, 0) is 87.4 Å². The Morgan fingerprint density at radius 2 is 1.84 bits per heavy atom. The lowest BCUT2D eigenvalue weighted by Gasteiger charge is -2.37. The van der Waals surface area contributed by atoms with E-state index in [1.807, 2.05) is 0 Å². The summed E-state index contributed by atoms with van der Waals surface area (Å²) in [6.45, 7) is 8.78. The monoisotopic (exact) mass is 930 g/mol. The fourth-order valence-corrected chi connectivity index (χ4v) is 9.15. The van der Waals surface area contributed by atoms with Crippen LogP contribution in [0.15, 0.2) is 35.1 Å². The number of rotatable bonds is 10. The van der Waals surface area contributed by atoms with Crippen LogP contribution in [0, 0.1) is 12.7 Å². The second kappa shape index (κ2) is 17.9. The van der Waals surface area contributed by atoms with Gasteiger partial charge < -0.3 is 58.6 Å². The number of hydrogen-bond acceptors (Lipinski definition) is 16. The zero-order valence-electron chi connectivity index (χ0n) is 37.9. The fraction of sp³-hybridized carbons (Fsp3) is 0.468. The van der Waals surface area contributed by atoms with Crippen molar-refractivity contribution in [2.45, 2.75) is 135 Å². The number of carbonyl (C=O) groups excluding carboxylic acids is 5. The van der Waals surface area contributed by atoms with E-state index in [4.69, 9.17) is 38.1 Å². The van der Waals surface area contributed by atoms with Crippen molar-refractivity contribution in [3.05, 3.63) is 91.0 Å². The van der Waals surface area contributed by atoms with Crippen molar-refractivity contribution in [3.63, 3.8) is 0 Å². The normalized spacial score (nSPS) is 22.7. The number of hydrogen-bond donors (Lipinski definition) is 4. The molecular formula is C47H51FN4O15. The smallest absolute Gasteiger partial charge is 0.407 e. The maximum absolute atomic E-state index is 15.4. The summed E-state index contributed by atoms with van der Waals surface area (Å²) in [5.41, 5.74) is 1.06. The van der Waals surface area contributed by atoms with E-state index in [2.05, 4.69) is 10.6 Å². The van der Waals surface area contributed by atoms with Crippen LogP contribution in [0.5, 0.6) is 5.75 Å². The van der Waals surface area contributed by atoms with E-state index in [1.165, 1.54) is 16.7 Å². The van der Waals surface area contributed by atoms with Crippen LogP contribution in [0.1, 0.15) is 104 Å². The zero-order chi connectivity index (χ0) is 48.3. The van der Waals surface area contributed by atoms with E-state index in [0.717, 1.165) is 19.6 Å². The van der Waals surface area contributed by atoms with Crippen LogP contribution in [-0.2, 0) is 81.1 Å². The second-order valence-corrected chi connectivity index (χ2v) is 17.9. The number of esters is 3. The lowest BCUT2D eigenvalue weighted by atomic mass is 9.81. The first-order valence-corrected chi connectivity index (χ1v) is 21.8. The number of alkyl carbamates (subject to hydrolysis) is 2. The molecule has 20 heteroatoms. The molecule has 356 valence electrons. The van der Waals surface area contributed by atoms with Gasteiger partial charge in [0, 0.05) is 48.0 Å². The van der Waals surface area contributed by atoms with Crippen molar-refractivity contribution in [2.24, 2.45) is 0 Å². The topological polar surface area (TPSA) is 249 Å². The number of aliphatic hydroxyl groups is 2. The lowest BCUT2D eigenvalue weighted by Crippen LogP contribution is -2.54. The number of aliphatic hydroxyl groups excluding tert-OH is 1. The summed E-state index contributed by atoms with van der Waals surface area (Å²) in [4.78, 5) is 82.5. The Morgan fingerprint density at radius 1 is 1.07 bits per heavy atom. The number of halogens is 1. The molecule has 5 heterocycles. The minimum Gasteiger partial charge on any atom is -0.467 e. The third kappa shape index (κ3) is 8.87. The number of amides is 2. The number of aromatic nitrogens is 2. The molecule has 2 aromatic carbocycles. The Hall–Kier alpha value is -6.64. The maximum Gasteiger partial charge on any atom is 0.407 e. The first-order chi connectivity index (χ1) is 31.7. The number of methoxy groups -OCH3 is 1. The molecule has 1 saturated heterocycles. The summed E-state index contributed by atoms with van der Waals surface area (Å²) in [7, 11) is 1.15. The Kier molecular flexibility index (Phi) is 12.5. The summed E-state index contributed by atoms with van der Waals surface area (Å²) in [6.07, 6.45) is -6.59. The molecule has 6 atom stereocenters. The van der Waals surface area contributed by atoms with Gasteiger partial charge in [-0.15, -0.1) is 0 Å². The van der Waals surface area contributed by atoms with Crippen LogP contribution in [0.2, 0.25) is 0 Å². The second-order valence-electron chi connectivity index (χ2n) is 17.9. The lowest BCUT2D eigenvalue weighted by molar-refractivity contribution is -0.244. The van der Waals surface area contributed by atoms with Gasteiger partial charge in [-0.1, -0.05) is 13.0 Å². The molecule has 0 radical (unpaired) electrons. The number of pyridine rings is 2. The molecule has 19 nitrogen and oxygen atoms in total. The summed E-state index contributed by atoms with van der Waals surface area (Å²) in [6, 6.07) is 6.83. The molecule has 67 heavy (non-hydrogen) atoms. The van der Waals surface area contributed by atoms with Crippen LogP contribution in [0.25, 0.3) is 22.3 Å². The van der Waals surface area contributed by atoms with Crippen molar-refractivity contribution in [3.8, 4) is 17.1 Å². The van der Waals surface area contributed by atoms with Gasteiger partial charge in [-0.2, -0.15) is 0 Å². The molecule has 0 bridgehead atoms. The molecule has 2 aromatic heterocycles. The molecular weight excluding hydrogens is 880 g/mol. The van der Waals surface area contributed by atoms with E-state index in [0.29, 0.717) is 62.9 Å². The minimum absolute atomic E-state index is 0.0435. The van der Waals surface area contributed by atoms with Gasteiger partial charge in [-0.25, -0.2) is 28.6 Å². The number of nitrogens with zero attached hydrogens (tertiary/aromatic N) is 2. The fourth-order valence-electron chi connectivity index (χ4n) is 9.15. The van der Waals surface area contributed by atoms with Gasteiger partial charge in [0.05, 0.1) is 42.2 Å². The number of ether oxygens (including phenoxy) is 7. The highest BCUT2D eigenvalue weighted by Crippen LogP contribution is 2.46. The maximum atomic E-state index is 15.4. The summed E-state index contributed by atoms with van der Waals surface area (Å²) in [5.74, 6) is -2.74. The summed E-state index contributed by atoms with van der Waals surface area (Å²) >= 11 is 0. The van der Waals surface area contributed by atoms with E-state index >= 15 is 4.39 Å². The average molecular weight is 931 g/mol. The van der Waals surface area contributed by atoms with E-state index < -0.39 is 83.3 Å². The highest BCUT2D eigenvalue weighted by Gasteiger charge is 2.47. The van der Waals surface area contributed by atoms with Gasteiger partial charge in [0.25, 0.3) is 5.56 Å². The largest absolute Gasteiger partial charge is 0.467 e. The van der Waals surface area contributed by atoms with E-state index in [9.17, 15) is 39.0 Å². The third-order valence-corrected chi connectivity index (χ3v) is 12.4. The van der Waals surface area contributed by atoms with Crippen molar-refractivity contribution >= 4 is 41.0 Å². The van der Waals surface area contributed by atoms with Crippen molar-refractivity contribution in [1.29, 1.82) is 0 Å². The van der Waals surface area contributed by atoms with Crippen molar-refractivity contribution < 1.29 is 71.7 Å². The van der Waals surface area contributed by atoms with Crippen LogP contribution in [0.3, 0.4) is 0 Å². The zero-order valence-corrected chi connectivity index (χ0v) is 37.9. The average Bonchev–Trinajstić information content (AvgIpc) is 3.65. The number of nitrogens with one attached hydrogen (secondary N) is 2. The highest BCUT2D eigenvalue weighted by atomic mass is 19.1. The van der Waals surface area contributed by atoms with Crippen LogP contribution < -0.4 is 20.9 Å². The standard InChI is InChI=1S/C47H51FN4O15/c1-8-47(60)28-14-32-38-26(18-52(32)40(55)27(28)20-62-43(47)57)37-30(11-10-25-21(2)29(48)15-31(50-38)36(25)37)51-45(59)63-19-23-9-12-33(24(13-23)17-49-44(58)67-46(4,5)6)65-42-39(54)34(64-22(3)53)16-35(66-42)41(56)61-7/h9,12-15,30,34-35,39,42,54,60H,8,10-11,16-20H2,1-7H3,(H,49,58)(H,51,59)/t30-,34-,35-,39+,42+,47-/m0/s1. The van der Waals surface area contributed by atoms with E-state index in [1.54, 1.807) is 52.8 Å². The SMILES string of the molecule is CC[C@@]1(O)C(=O)OCc2c1cc1n(c2=O)Cc2c-1nc1cc(F)c(C)c3c1c2[C@@H](NC(=O)OCc1ccc(O[C@@H]2O[C@H](C(=O)OC)C[C@H](OC(C)=O)[C@H]2O)c(CNC(=O)OC(C)(C)C)c1)CC3. The van der Waals surface area contributed by atoms with Gasteiger partial charge >= 0.3 is 30.1 Å². The highest BCUT2D eigenvalue weighted by molar-refractivity contribution is 5.93. The molecule has 0 spiro atoms. The molecule has 8 rings (SSSR count).